The van der Waals surface area contributed by atoms with E-state index in [9.17, 15) is 10.2 Å². The lowest BCUT2D eigenvalue weighted by Gasteiger charge is -2.17. The first kappa shape index (κ1) is 10.9. The van der Waals surface area contributed by atoms with Crippen molar-refractivity contribution in [2.24, 2.45) is 0 Å². The normalized spacial score (nSPS) is 11.3. The predicted octanol–water partition coefficient (Wildman–Crippen LogP) is 3.34. The summed E-state index contributed by atoms with van der Waals surface area (Å²) in [6, 6.07) is 3.44. The first-order chi connectivity index (χ1) is 6.45. The standard InChI is InChI=1S/C12H18O2/c1-7(2)9-5-6-10(13)12(14)11(9)8(3)4/h5-8,13-14H,1-4H3. The van der Waals surface area contributed by atoms with Gasteiger partial charge in [0.05, 0.1) is 0 Å². The molecule has 0 atom stereocenters. The van der Waals surface area contributed by atoms with Gasteiger partial charge in [0.2, 0.25) is 0 Å². The first-order valence-electron chi connectivity index (χ1n) is 4.99. The lowest BCUT2D eigenvalue weighted by molar-refractivity contribution is 0.396. The summed E-state index contributed by atoms with van der Waals surface area (Å²) in [6.45, 7) is 8.19. The van der Waals surface area contributed by atoms with Gasteiger partial charge in [-0.1, -0.05) is 33.8 Å². The molecule has 0 heterocycles. The summed E-state index contributed by atoms with van der Waals surface area (Å²) >= 11 is 0. The topological polar surface area (TPSA) is 40.5 Å². The summed E-state index contributed by atoms with van der Waals surface area (Å²) in [5.74, 6) is 0.586. The van der Waals surface area contributed by atoms with E-state index in [0.717, 1.165) is 11.1 Å². The van der Waals surface area contributed by atoms with Crippen LogP contribution in [0.1, 0.15) is 50.7 Å². The Morgan fingerprint density at radius 3 is 1.93 bits per heavy atom. The van der Waals surface area contributed by atoms with E-state index in [1.54, 1.807) is 6.07 Å². The number of phenolic OH excluding ortho intramolecular Hbond substituents is 2. The molecule has 2 heteroatoms. The summed E-state index contributed by atoms with van der Waals surface area (Å²) in [5, 5.41) is 19.2. The summed E-state index contributed by atoms with van der Waals surface area (Å²) in [7, 11) is 0. The van der Waals surface area contributed by atoms with E-state index >= 15 is 0 Å². The van der Waals surface area contributed by atoms with Crippen molar-refractivity contribution in [3.8, 4) is 11.5 Å². The molecule has 1 aromatic carbocycles. The minimum Gasteiger partial charge on any atom is -0.504 e. The van der Waals surface area contributed by atoms with Crippen LogP contribution in [0.3, 0.4) is 0 Å². The Balaban J connectivity index is 3.38. The van der Waals surface area contributed by atoms with Crippen LogP contribution in [0.2, 0.25) is 0 Å². The van der Waals surface area contributed by atoms with Crippen molar-refractivity contribution in [2.75, 3.05) is 0 Å². The van der Waals surface area contributed by atoms with E-state index in [2.05, 4.69) is 13.8 Å². The van der Waals surface area contributed by atoms with E-state index in [-0.39, 0.29) is 17.4 Å². The molecular weight excluding hydrogens is 176 g/mol. The number of phenols is 2. The molecule has 2 nitrogen and oxygen atoms in total. The van der Waals surface area contributed by atoms with Crippen molar-refractivity contribution in [1.29, 1.82) is 0 Å². The van der Waals surface area contributed by atoms with Crippen molar-refractivity contribution in [3.63, 3.8) is 0 Å². The van der Waals surface area contributed by atoms with Crippen LogP contribution in [0.15, 0.2) is 12.1 Å². The molecule has 0 bridgehead atoms. The molecule has 0 amide bonds. The van der Waals surface area contributed by atoms with Gasteiger partial charge in [0.15, 0.2) is 11.5 Å². The Hall–Kier alpha value is -1.18. The zero-order chi connectivity index (χ0) is 10.9. The molecule has 0 saturated heterocycles. The minimum absolute atomic E-state index is 0.0295. The highest BCUT2D eigenvalue weighted by Crippen LogP contribution is 2.38. The number of hydrogen-bond donors (Lipinski definition) is 2. The fourth-order valence-electron chi connectivity index (χ4n) is 1.72. The van der Waals surface area contributed by atoms with Crippen LogP contribution in [0.4, 0.5) is 0 Å². The summed E-state index contributed by atoms with van der Waals surface area (Å²) in [5.41, 5.74) is 1.97. The van der Waals surface area contributed by atoms with Gasteiger partial charge in [-0.15, -0.1) is 0 Å². The average Bonchev–Trinajstić information content (AvgIpc) is 2.08. The summed E-state index contributed by atoms with van der Waals surface area (Å²) in [6.07, 6.45) is 0. The molecule has 0 fully saturated rings. The second-order valence-corrected chi connectivity index (χ2v) is 4.25. The summed E-state index contributed by atoms with van der Waals surface area (Å²) in [4.78, 5) is 0. The van der Waals surface area contributed by atoms with Crippen LogP contribution < -0.4 is 0 Å². The third kappa shape index (κ3) is 1.84. The zero-order valence-corrected chi connectivity index (χ0v) is 9.20. The van der Waals surface area contributed by atoms with Crippen LogP contribution >= 0.6 is 0 Å². The fraction of sp³-hybridized carbons (Fsp3) is 0.500. The Labute approximate surface area is 85.2 Å². The minimum atomic E-state index is -0.0295. The van der Waals surface area contributed by atoms with Gasteiger partial charge in [-0.3, -0.25) is 0 Å². The Morgan fingerprint density at radius 2 is 1.50 bits per heavy atom. The molecule has 0 spiro atoms. The van der Waals surface area contributed by atoms with E-state index in [1.165, 1.54) is 0 Å². The van der Waals surface area contributed by atoms with Gasteiger partial charge in [0.25, 0.3) is 0 Å². The maximum Gasteiger partial charge on any atom is 0.161 e. The molecule has 1 rings (SSSR count). The molecule has 0 radical (unpaired) electrons. The highest BCUT2D eigenvalue weighted by atomic mass is 16.3. The Kier molecular flexibility index (Phi) is 3.04. The third-order valence-corrected chi connectivity index (χ3v) is 2.43. The van der Waals surface area contributed by atoms with Gasteiger partial charge in [-0.2, -0.15) is 0 Å². The zero-order valence-electron chi connectivity index (χ0n) is 9.20. The van der Waals surface area contributed by atoms with Crippen molar-refractivity contribution in [1.82, 2.24) is 0 Å². The SMILES string of the molecule is CC(C)c1ccc(O)c(O)c1C(C)C. The molecule has 0 aliphatic heterocycles. The van der Waals surface area contributed by atoms with E-state index in [4.69, 9.17) is 0 Å². The molecule has 0 saturated carbocycles. The van der Waals surface area contributed by atoms with Gasteiger partial charge in [-0.25, -0.2) is 0 Å². The highest BCUT2D eigenvalue weighted by Gasteiger charge is 2.16. The van der Waals surface area contributed by atoms with Crippen molar-refractivity contribution in [3.05, 3.63) is 23.3 Å². The second kappa shape index (κ2) is 3.91. The number of hydrogen-bond acceptors (Lipinski definition) is 2. The molecule has 0 aromatic heterocycles. The van der Waals surface area contributed by atoms with Crippen LogP contribution in [-0.4, -0.2) is 10.2 Å². The van der Waals surface area contributed by atoms with Gasteiger partial charge in [-0.05, 0) is 23.5 Å². The Bertz CT molecular complexity index is 327. The van der Waals surface area contributed by atoms with Crippen molar-refractivity contribution >= 4 is 0 Å². The van der Waals surface area contributed by atoms with Crippen molar-refractivity contribution in [2.45, 2.75) is 39.5 Å². The van der Waals surface area contributed by atoms with Crippen LogP contribution in [-0.2, 0) is 0 Å². The number of rotatable bonds is 2. The lowest BCUT2D eigenvalue weighted by atomic mass is 9.89. The van der Waals surface area contributed by atoms with E-state index in [0.29, 0.717) is 5.92 Å². The van der Waals surface area contributed by atoms with Gasteiger partial charge >= 0.3 is 0 Å². The molecule has 78 valence electrons. The number of benzene rings is 1. The summed E-state index contributed by atoms with van der Waals surface area (Å²) < 4.78 is 0. The van der Waals surface area contributed by atoms with E-state index in [1.807, 2.05) is 19.9 Å². The molecule has 0 aliphatic rings. The average molecular weight is 194 g/mol. The van der Waals surface area contributed by atoms with Gasteiger partial charge in [0.1, 0.15) is 0 Å². The van der Waals surface area contributed by atoms with Crippen LogP contribution in [0.25, 0.3) is 0 Å². The maximum atomic E-state index is 9.75. The van der Waals surface area contributed by atoms with E-state index < -0.39 is 0 Å². The second-order valence-electron chi connectivity index (χ2n) is 4.25. The van der Waals surface area contributed by atoms with Gasteiger partial charge in [0, 0.05) is 5.56 Å². The monoisotopic (exact) mass is 194 g/mol. The molecule has 1 aromatic rings. The molecular formula is C12H18O2. The predicted molar refractivity (Wildman–Crippen MR) is 57.9 cm³/mol. The molecule has 14 heavy (non-hydrogen) atoms. The quantitative estimate of drug-likeness (QED) is 0.709. The maximum absolute atomic E-state index is 9.75. The number of aromatic hydroxyl groups is 2. The van der Waals surface area contributed by atoms with Crippen molar-refractivity contribution < 1.29 is 10.2 Å². The third-order valence-electron chi connectivity index (χ3n) is 2.43. The highest BCUT2D eigenvalue weighted by molar-refractivity contribution is 5.51. The molecule has 0 unspecified atom stereocenters. The molecule has 2 N–H and O–H groups in total. The molecule has 0 aliphatic carbocycles. The van der Waals surface area contributed by atoms with Crippen LogP contribution in [0, 0.1) is 0 Å². The van der Waals surface area contributed by atoms with Gasteiger partial charge < -0.3 is 10.2 Å². The lowest BCUT2D eigenvalue weighted by Crippen LogP contribution is -1.98. The smallest absolute Gasteiger partial charge is 0.161 e. The van der Waals surface area contributed by atoms with Crippen LogP contribution in [0.5, 0.6) is 11.5 Å². The first-order valence-corrected chi connectivity index (χ1v) is 4.99. The fourth-order valence-corrected chi connectivity index (χ4v) is 1.72. The largest absolute Gasteiger partial charge is 0.504 e. The Morgan fingerprint density at radius 1 is 0.929 bits per heavy atom.